The van der Waals surface area contributed by atoms with E-state index in [1.54, 1.807) is 0 Å². The zero-order valence-corrected chi connectivity index (χ0v) is 8.66. The van der Waals surface area contributed by atoms with Crippen LogP contribution >= 0.6 is 0 Å². The second-order valence-corrected chi connectivity index (χ2v) is 3.30. The third-order valence-electron chi connectivity index (χ3n) is 2.01. The molecule has 0 N–H and O–H groups in total. The predicted molar refractivity (Wildman–Crippen MR) is 56.1 cm³/mol. The molecule has 0 bridgehead atoms. The van der Waals surface area contributed by atoms with Gasteiger partial charge in [-0.25, -0.2) is 5.11 Å². The third-order valence-corrected chi connectivity index (χ3v) is 2.01. The van der Waals surface area contributed by atoms with Crippen molar-refractivity contribution < 1.29 is 9.84 Å². The molecule has 2 heteroatoms. The molecule has 1 rings (SSSR count). The molecule has 0 saturated carbocycles. The summed E-state index contributed by atoms with van der Waals surface area (Å²) in [4.78, 5) is 0. The van der Waals surface area contributed by atoms with Gasteiger partial charge in [0.05, 0.1) is 13.2 Å². The molecule has 0 aliphatic carbocycles. The van der Waals surface area contributed by atoms with Gasteiger partial charge in [-0.2, -0.15) is 0 Å². The molecular formula is C12H17O2. The molecule has 0 spiro atoms. The second kappa shape index (κ2) is 6.44. The van der Waals surface area contributed by atoms with Crippen molar-refractivity contribution in [3.05, 3.63) is 29.8 Å². The van der Waals surface area contributed by atoms with Crippen LogP contribution in [0.3, 0.4) is 0 Å². The SMILES string of the molecule is CCCOc1ccc(CCC[O])cc1. The summed E-state index contributed by atoms with van der Waals surface area (Å²) in [5, 5.41) is 10.3. The van der Waals surface area contributed by atoms with E-state index >= 15 is 0 Å². The van der Waals surface area contributed by atoms with Crippen molar-refractivity contribution in [1.82, 2.24) is 0 Å². The fraction of sp³-hybridized carbons (Fsp3) is 0.500. The van der Waals surface area contributed by atoms with E-state index in [0.29, 0.717) is 0 Å². The van der Waals surface area contributed by atoms with Gasteiger partial charge >= 0.3 is 0 Å². The van der Waals surface area contributed by atoms with Crippen molar-refractivity contribution in [3.8, 4) is 5.75 Å². The first kappa shape index (κ1) is 11.1. The lowest BCUT2D eigenvalue weighted by atomic mass is 10.1. The molecule has 14 heavy (non-hydrogen) atoms. The van der Waals surface area contributed by atoms with Crippen LogP contribution in [0.4, 0.5) is 0 Å². The second-order valence-electron chi connectivity index (χ2n) is 3.30. The Morgan fingerprint density at radius 1 is 1.21 bits per heavy atom. The van der Waals surface area contributed by atoms with Gasteiger partial charge < -0.3 is 4.74 Å². The summed E-state index contributed by atoms with van der Waals surface area (Å²) in [7, 11) is 0. The minimum absolute atomic E-state index is 0.00802. The predicted octanol–water partition coefficient (Wildman–Crippen LogP) is 2.84. The molecule has 0 aliphatic rings. The van der Waals surface area contributed by atoms with E-state index in [0.717, 1.165) is 31.6 Å². The van der Waals surface area contributed by atoms with E-state index in [4.69, 9.17) is 4.74 Å². The Labute approximate surface area is 85.5 Å². The van der Waals surface area contributed by atoms with Crippen LogP contribution in [-0.4, -0.2) is 13.2 Å². The molecule has 1 aromatic carbocycles. The van der Waals surface area contributed by atoms with Gasteiger partial charge in [-0.15, -0.1) is 0 Å². The first-order valence-corrected chi connectivity index (χ1v) is 5.16. The van der Waals surface area contributed by atoms with Crippen LogP contribution in [0.2, 0.25) is 0 Å². The van der Waals surface area contributed by atoms with Crippen LogP contribution < -0.4 is 4.74 Å². The topological polar surface area (TPSA) is 29.1 Å². The van der Waals surface area contributed by atoms with E-state index in [9.17, 15) is 5.11 Å². The number of hydrogen-bond acceptors (Lipinski definition) is 1. The van der Waals surface area contributed by atoms with Gasteiger partial charge in [0.1, 0.15) is 5.75 Å². The lowest BCUT2D eigenvalue weighted by Gasteiger charge is -2.05. The Kier molecular flexibility index (Phi) is 5.08. The molecule has 0 amide bonds. The first-order valence-electron chi connectivity index (χ1n) is 5.16. The highest BCUT2D eigenvalue weighted by Crippen LogP contribution is 2.13. The first-order chi connectivity index (χ1) is 6.86. The Morgan fingerprint density at radius 2 is 1.93 bits per heavy atom. The monoisotopic (exact) mass is 193 g/mol. The number of benzene rings is 1. The third kappa shape index (κ3) is 3.79. The maximum absolute atomic E-state index is 10.3. The van der Waals surface area contributed by atoms with Gasteiger partial charge in [-0.3, -0.25) is 0 Å². The molecule has 77 valence electrons. The van der Waals surface area contributed by atoms with Gasteiger partial charge in [-0.1, -0.05) is 19.1 Å². The standard InChI is InChI=1S/C12H17O2/c1-2-10-14-12-7-5-11(6-8-12)4-3-9-13/h5-8H,2-4,9-10H2,1H3. The summed E-state index contributed by atoms with van der Waals surface area (Å²) in [6.07, 6.45) is 2.62. The van der Waals surface area contributed by atoms with Gasteiger partial charge in [-0.05, 0) is 37.0 Å². The van der Waals surface area contributed by atoms with Gasteiger partial charge in [0, 0.05) is 0 Å². The van der Waals surface area contributed by atoms with Crippen LogP contribution in [0.25, 0.3) is 0 Å². The van der Waals surface area contributed by atoms with Crippen molar-refractivity contribution in [3.63, 3.8) is 0 Å². The Balaban J connectivity index is 2.42. The van der Waals surface area contributed by atoms with Crippen molar-refractivity contribution >= 4 is 0 Å². The number of hydrogen-bond donors (Lipinski definition) is 0. The van der Waals surface area contributed by atoms with E-state index in [-0.39, 0.29) is 6.61 Å². The summed E-state index contributed by atoms with van der Waals surface area (Å²) in [6.45, 7) is 2.86. The fourth-order valence-electron chi connectivity index (χ4n) is 1.25. The van der Waals surface area contributed by atoms with Crippen LogP contribution in [0.15, 0.2) is 24.3 Å². The van der Waals surface area contributed by atoms with Crippen molar-refractivity contribution in [2.75, 3.05) is 13.2 Å². The average Bonchev–Trinajstić information content (AvgIpc) is 2.25. The highest BCUT2D eigenvalue weighted by Gasteiger charge is 1.95. The summed E-state index contributed by atoms with van der Waals surface area (Å²) in [6, 6.07) is 7.99. The molecular weight excluding hydrogens is 176 g/mol. The molecule has 1 aromatic rings. The maximum atomic E-state index is 10.3. The van der Waals surface area contributed by atoms with Crippen molar-refractivity contribution in [2.24, 2.45) is 0 Å². The molecule has 1 radical (unpaired) electrons. The quantitative estimate of drug-likeness (QED) is 0.683. The Hall–Kier alpha value is -1.02. The largest absolute Gasteiger partial charge is 0.494 e. The summed E-state index contributed by atoms with van der Waals surface area (Å²) >= 11 is 0. The molecule has 2 nitrogen and oxygen atoms in total. The van der Waals surface area contributed by atoms with Gasteiger partial charge in [0.2, 0.25) is 0 Å². The lowest BCUT2D eigenvalue weighted by Crippen LogP contribution is -1.95. The zero-order chi connectivity index (χ0) is 10.2. The normalized spacial score (nSPS) is 10.1. The van der Waals surface area contributed by atoms with E-state index < -0.39 is 0 Å². The van der Waals surface area contributed by atoms with Crippen molar-refractivity contribution in [2.45, 2.75) is 26.2 Å². The minimum atomic E-state index is 0.00802. The Morgan fingerprint density at radius 3 is 2.50 bits per heavy atom. The molecule has 0 fully saturated rings. The average molecular weight is 193 g/mol. The molecule has 0 heterocycles. The fourth-order valence-corrected chi connectivity index (χ4v) is 1.25. The molecule has 0 aliphatic heterocycles. The lowest BCUT2D eigenvalue weighted by molar-refractivity contribution is 0.189. The molecule has 0 atom stereocenters. The van der Waals surface area contributed by atoms with Crippen molar-refractivity contribution in [1.29, 1.82) is 0 Å². The number of ether oxygens (including phenoxy) is 1. The van der Waals surface area contributed by atoms with Crippen LogP contribution in [0, 0.1) is 0 Å². The van der Waals surface area contributed by atoms with Gasteiger partial charge in [0.15, 0.2) is 0 Å². The van der Waals surface area contributed by atoms with Crippen LogP contribution in [0.1, 0.15) is 25.3 Å². The van der Waals surface area contributed by atoms with E-state index in [2.05, 4.69) is 6.92 Å². The summed E-state index contributed by atoms with van der Waals surface area (Å²) in [5.41, 5.74) is 1.21. The number of aryl methyl sites for hydroxylation is 1. The summed E-state index contributed by atoms with van der Waals surface area (Å²) in [5.74, 6) is 0.915. The highest BCUT2D eigenvalue weighted by molar-refractivity contribution is 5.27. The number of rotatable bonds is 6. The summed E-state index contributed by atoms with van der Waals surface area (Å²) < 4.78 is 5.45. The smallest absolute Gasteiger partial charge is 0.119 e. The zero-order valence-electron chi connectivity index (χ0n) is 8.66. The molecule has 0 aromatic heterocycles. The van der Waals surface area contributed by atoms with Crippen LogP contribution in [0.5, 0.6) is 5.75 Å². The van der Waals surface area contributed by atoms with E-state index in [1.165, 1.54) is 5.56 Å². The minimum Gasteiger partial charge on any atom is -0.494 e. The molecule has 0 unspecified atom stereocenters. The van der Waals surface area contributed by atoms with Crippen LogP contribution in [-0.2, 0) is 11.5 Å². The highest BCUT2D eigenvalue weighted by atomic mass is 16.5. The maximum Gasteiger partial charge on any atom is 0.119 e. The molecule has 0 saturated heterocycles. The van der Waals surface area contributed by atoms with Gasteiger partial charge in [0.25, 0.3) is 0 Å². The Bertz CT molecular complexity index is 214. The van der Waals surface area contributed by atoms with E-state index in [1.807, 2.05) is 24.3 Å².